The number of rotatable bonds is 17. The summed E-state index contributed by atoms with van der Waals surface area (Å²) in [5, 5.41) is 9.38. The van der Waals surface area contributed by atoms with E-state index in [1.54, 1.807) is 4.79 Å². The van der Waals surface area contributed by atoms with Crippen LogP contribution in [0, 0.1) is 5.41 Å². The Balaban J connectivity index is 1.18. The largest absolute Gasteiger partial charge is 0.326 e. The molecule has 5 rings (SSSR count). The van der Waals surface area contributed by atoms with Gasteiger partial charge in [-0.05, 0) is 55.2 Å². The first-order valence-corrected chi connectivity index (χ1v) is 19.2. The Morgan fingerprint density at radius 1 is 0.957 bits per heavy atom. The summed E-state index contributed by atoms with van der Waals surface area (Å²) >= 11 is 0. The minimum Gasteiger partial charge on any atom is -0.326 e. The normalized spacial score (nSPS) is 15.6. The fourth-order valence-electron chi connectivity index (χ4n) is 6.23. The van der Waals surface area contributed by atoms with Crippen molar-refractivity contribution in [2.24, 2.45) is 15.5 Å². The summed E-state index contributed by atoms with van der Waals surface area (Å²) < 4.78 is 27.9. The molecule has 1 N–H and O–H groups in total. The van der Waals surface area contributed by atoms with Gasteiger partial charge in [0.2, 0.25) is 15.8 Å². The molecule has 1 aromatic carbocycles. The van der Waals surface area contributed by atoms with E-state index >= 15 is 0 Å². The van der Waals surface area contributed by atoms with E-state index < -0.39 is 10.0 Å². The van der Waals surface area contributed by atoms with Crippen LogP contribution < -0.4 is 9.62 Å². The summed E-state index contributed by atoms with van der Waals surface area (Å²) in [4.78, 5) is 18.2. The predicted molar refractivity (Wildman–Crippen MR) is 192 cm³/mol. The van der Waals surface area contributed by atoms with Crippen LogP contribution in [0.2, 0.25) is 0 Å². The minimum absolute atomic E-state index is 0.160. The zero-order chi connectivity index (χ0) is 33.3. The summed E-state index contributed by atoms with van der Waals surface area (Å²) in [5.41, 5.74) is 4.50. The van der Waals surface area contributed by atoms with Crippen molar-refractivity contribution < 1.29 is 8.42 Å². The number of anilines is 2. The quantitative estimate of drug-likeness (QED) is 0.150. The Kier molecular flexibility index (Phi) is 12.0. The zero-order valence-electron chi connectivity index (χ0n) is 28.7. The van der Waals surface area contributed by atoms with E-state index in [9.17, 15) is 8.42 Å². The first kappa shape index (κ1) is 34.9. The lowest BCUT2D eigenvalue weighted by molar-refractivity contribution is 0.554. The molecule has 11 heteroatoms. The van der Waals surface area contributed by atoms with Gasteiger partial charge in [-0.25, -0.2) is 28.1 Å². The molecule has 3 aromatic rings. The third-order valence-electron chi connectivity index (χ3n) is 8.76. The van der Waals surface area contributed by atoms with Crippen molar-refractivity contribution in [1.82, 2.24) is 24.6 Å². The van der Waals surface area contributed by atoms with E-state index in [2.05, 4.69) is 59.5 Å². The minimum atomic E-state index is -3.33. The second kappa shape index (κ2) is 16.1. The molecule has 254 valence electrons. The van der Waals surface area contributed by atoms with E-state index in [4.69, 9.17) is 15.1 Å². The average Bonchev–Trinajstić information content (AvgIpc) is 3.60. The Morgan fingerprint density at radius 3 is 2.40 bits per heavy atom. The molecule has 0 atom stereocenters. The number of aromatic nitrogens is 4. The van der Waals surface area contributed by atoms with Crippen molar-refractivity contribution in [3.63, 3.8) is 0 Å². The van der Waals surface area contributed by atoms with Crippen molar-refractivity contribution in [1.29, 1.82) is 0 Å². The first-order valence-electron chi connectivity index (χ1n) is 17.6. The number of benzene rings is 1. The van der Waals surface area contributed by atoms with Crippen LogP contribution in [-0.4, -0.2) is 58.5 Å². The Bertz CT molecular complexity index is 1640. The molecule has 10 nitrogen and oxygen atoms in total. The van der Waals surface area contributed by atoms with Gasteiger partial charge in [0.25, 0.3) is 0 Å². The number of fused-ring (bicyclic) bond motifs is 2. The molecule has 4 heterocycles. The monoisotopic (exact) mass is 660 g/mol. The number of pyridine rings is 1. The van der Waals surface area contributed by atoms with Gasteiger partial charge in [-0.3, -0.25) is 0 Å². The maximum Gasteiger partial charge on any atom is 0.211 e. The molecular formula is C36H52N8O2S. The number of hydrogen-bond acceptors (Lipinski definition) is 8. The lowest BCUT2D eigenvalue weighted by atomic mass is 9.87. The Morgan fingerprint density at radius 2 is 1.70 bits per heavy atom. The molecule has 0 unspecified atom stereocenters. The SMILES string of the molecule is CCCCCCCCCCCCS(=O)(=O)NCCc1nc2n(n1)N=C(C(C)(C)C)C2=Nc1ccc2c(c1)CCCN2c1ccccn1. The van der Waals surface area contributed by atoms with Crippen LogP contribution in [0.15, 0.2) is 52.7 Å². The lowest BCUT2D eigenvalue weighted by Crippen LogP contribution is -2.29. The van der Waals surface area contributed by atoms with Crippen LogP contribution in [-0.2, 0) is 22.9 Å². The fourth-order valence-corrected chi connectivity index (χ4v) is 7.37. The summed E-state index contributed by atoms with van der Waals surface area (Å²) in [6.07, 6.45) is 16.0. The van der Waals surface area contributed by atoms with Crippen LogP contribution in [0.5, 0.6) is 0 Å². The molecule has 0 aliphatic carbocycles. The number of nitrogens with one attached hydrogen (secondary N) is 1. The van der Waals surface area contributed by atoms with E-state index in [0.29, 0.717) is 30.2 Å². The third-order valence-corrected chi connectivity index (χ3v) is 10.2. The summed E-state index contributed by atoms with van der Waals surface area (Å²) in [7, 11) is -3.33. The third kappa shape index (κ3) is 9.56. The molecule has 2 aromatic heterocycles. The van der Waals surface area contributed by atoms with Gasteiger partial charge in [0, 0.05) is 36.8 Å². The summed E-state index contributed by atoms with van der Waals surface area (Å²) in [6.45, 7) is 9.74. The molecule has 0 fully saturated rings. The van der Waals surface area contributed by atoms with Gasteiger partial charge in [-0.2, -0.15) is 5.10 Å². The lowest BCUT2D eigenvalue weighted by Gasteiger charge is -2.30. The first-order chi connectivity index (χ1) is 22.6. The number of aliphatic imine (C=N–C) groups is 1. The number of sulfonamides is 1. The number of hydrogen-bond donors (Lipinski definition) is 1. The molecule has 0 spiro atoms. The van der Waals surface area contributed by atoms with Gasteiger partial charge in [-0.1, -0.05) is 91.5 Å². The molecule has 2 aliphatic rings. The molecule has 0 amide bonds. The molecule has 0 radical (unpaired) electrons. The van der Waals surface area contributed by atoms with Gasteiger partial charge in [-0.15, -0.1) is 9.89 Å². The second-order valence-corrected chi connectivity index (χ2v) is 15.7. The van der Waals surface area contributed by atoms with Gasteiger partial charge in [0.15, 0.2) is 5.82 Å². The maximum absolute atomic E-state index is 12.6. The van der Waals surface area contributed by atoms with Crippen molar-refractivity contribution in [3.05, 3.63) is 59.8 Å². The highest BCUT2D eigenvalue weighted by Gasteiger charge is 2.35. The van der Waals surface area contributed by atoms with E-state index in [1.165, 1.54) is 50.5 Å². The van der Waals surface area contributed by atoms with Crippen LogP contribution in [0.1, 0.15) is 116 Å². The topological polar surface area (TPSA) is 118 Å². The van der Waals surface area contributed by atoms with Crippen LogP contribution >= 0.6 is 0 Å². The number of aryl methyl sites for hydroxylation is 1. The van der Waals surface area contributed by atoms with E-state index in [1.807, 2.05) is 30.5 Å². The van der Waals surface area contributed by atoms with Crippen LogP contribution in [0.25, 0.3) is 0 Å². The predicted octanol–water partition coefficient (Wildman–Crippen LogP) is 7.52. The van der Waals surface area contributed by atoms with Gasteiger partial charge >= 0.3 is 0 Å². The van der Waals surface area contributed by atoms with Gasteiger partial charge in [0.1, 0.15) is 11.5 Å². The van der Waals surface area contributed by atoms with Crippen molar-refractivity contribution in [3.8, 4) is 0 Å². The van der Waals surface area contributed by atoms with Crippen LogP contribution in [0.4, 0.5) is 17.2 Å². The Hall–Kier alpha value is -3.44. The average molecular weight is 661 g/mol. The smallest absolute Gasteiger partial charge is 0.211 e. The fraction of sp³-hybridized carbons (Fsp3) is 0.583. The molecule has 0 bridgehead atoms. The molecule has 0 saturated carbocycles. The summed E-state index contributed by atoms with van der Waals surface area (Å²) in [5.74, 6) is 2.24. The van der Waals surface area contributed by atoms with Gasteiger partial charge in [0.05, 0.1) is 17.2 Å². The highest BCUT2D eigenvalue weighted by molar-refractivity contribution is 7.89. The van der Waals surface area contributed by atoms with Crippen molar-refractivity contribution >= 4 is 38.6 Å². The number of nitrogens with zero attached hydrogens (tertiary/aromatic N) is 7. The highest BCUT2D eigenvalue weighted by Crippen LogP contribution is 2.35. The maximum atomic E-state index is 12.6. The molecule has 47 heavy (non-hydrogen) atoms. The molecule has 2 aliphatic heterocycles. The van der Waals surface area contributed by atoms with Crippen molar-refractivity contribution in [2.45, 2.75) is 111 Å². The second-order valence-electron chi connectivity index (χ2n) is 13.8. The standard InChI is InChI=1S/C36H52N8O2S/c1-5-6-7-8-9-10-11-12-13-16-26-47(45,46)38-24-22-31-40-35-33(34(36(2,3)4)42-44(35)41-31)39-29-20-21-30-28(27-29)18-17-25-43(30)32-19-14-15-23-37-32/h14-15,19-21,23,27,38H,5-13,16-18,22,24-26H2,1-4H3. The highest BCUT2D eigenvalue weighted by atomic mass is 32.2. The van der Waals surface area contributed by atoms with Crippen molar-refractivity contribution in [2.75, 3.05) is 23.7 Å². The zero-order valence-corrected chi connectivity index (χ0v) is 29.5. The Labute approximate surface area is 281 Å². The van der Waals surface area contributed by atoms with E-state index in [0.717, 1.165) is 55.1 Å². The molecular weight excluding hydrogens is 609 g/mol. The van der Waals surface area contributed by atoms with Crippen LogP contribution in [0.3, 0.4) is 0 Å². The summed E-state index contributed by atoms with van der Waals surface area (Å²) in [6, 6.07) is 12.3. The van der Waals surface area contributed by atoms with Gasteiger partial charge < -0.3 is 4.90 Å². The molecule has 0 saturated heterocycles. The van der Waals surface area contributed by atoms with E-state index in [-0.39, 0.29) is 17.7 Å². The number of unbranched alkanes of at least 4 members (excludes halogenated alkanes) is 9.